The molecule has 0 spiro atoms. The zero-order chi connectivity index (χ0) is 12.7. The molecule has 100 valence electrons. The predicted molar refractivity (Wildman–Crippen MR) is 71.2 cm³/mol. The van der Waals surface area contributed by atoms with Gasteiger partial charge in [-0.3, -0.25) is 0 Å². The van der Waals surface area contributed by atoms with Crippen LogP contribution < -0.4 is 5.32 Å². The number of aryl methyl sites for hydroxylation is 2. The number of rotatable bonds is 2. The van der Waals surface area contributed by atoms with Crippen LogP contribution in [0.3, 0.4) is 0 Å². The van der Waals surface area contributed by atoms with Gasteiger partial charge in [0.2, 0.25) is 0 Å². The molecule has 0 amide bonds. The van der Waals surface area contributed by atoms with E-state index in [1.165, 1.54) is 29.7 Å². The average molecular weight is 277 g/mol. The first kappa shape index (κ1) is 11.6. The molecule has 6 heteroatoms. The number of nitrogens with zero attached hydrogens (tertiary/aromatic N) is 2. The third-order valence-electron chi connectivity index (χ3n) is 3.63. The summed E-state index contributed by atoms with van der Waals surface area (Å²) >= 11 is 1.79. The van der Waals surface area contributed by atoms with Crippen LogP contribution in [0.4, 0.5) is 0 Å². The highest BCUT2D eigenvalue weighted by molar-refractivity contribution is 7.15. The van der Waals surface area contributed by atoms with Crippen molar-refractivity contribution in [2.45, 2.75) is 25.3 Å². The Balaban J connectivity index is 1.59. The number of morpholine rings is 1. The SMILES string of the molecule is c1c(-c2nc(C3COCCN3)no2)sc2c1CCC2. The monoisotopic (exact) mass is 277 g/mol. The first-order valence-electron chi connectivity index (χ1n) is 6.67. The van der Waals surface area contributed by atoms with Gasteiger partial charge < -0.3 is 14.6 Å². The van der Waals surface area contributed by atoms with Crippen LogP contribution >= 0.6 is 11.3 Å². The molecule has 0 aromatic carbocycles. The lowest BCUT2D eigenvalue weighted by Crippen LogP contribution is -2.35. The number of aromatic nitrogens is 2. The smallest absolute Gasteiger partial charge is 0.268 e. The largest absolute Gasteiger partial charge is 0.378 e. The first-order chi connectivity index (χ1) is 9.40. The summed E-state index contributed by atoms with van der Waals surface area (Å²) in [6, 6.07) is 2.26. The summed E-state index contributed by atoms with van der Waals surface area (Å²) in [5.74, 6) is 1.34. The third-order valence-corrected chi connectivity index (χ3v) is 4.86. The standard InChI is InChI=1S/C13H15N3O2S/c1-2-8-6-11(19-10(8)3-1)13-15-12(16-18-13)9-7-17-5-4-14-9/h6,9,14H,1-5,7H2. The number of fused-ring (bicyclic) bond motifs is 1. The first-order valence-corrected chi connectivity index (χ1v) is 7.48. The number of hydrogen-bond acceptors (Lipinski definition) is 6. The van der Waals surface area contributed by atoms with E-state index in [0.717, 1.165) is 18.0 Å². The van der Waals surface area contributed by atoms with E-state index in [9.17, 15) is 0 Å². The molecule has 0 saturated carbocycles. The fraction of sp³-hybridized carbons (Fsp3) is 0.538. The predicted octanol–water partition coefficient (Wildman–Crippen LogP) is 1.95. The summed E-state index contributed by atoms with van der Waals surface area (Å²) in [4.78, 5) is 7.08. The molecule has 5 nitrogen and oxygen atoms in total. The molecule has 2 aromatic rings. The molecule has 4 rings (SSSR count). The Morgan fingerprint density at radius 1 is 1.37 bits per heavy atom. The molecule has 1 saturated heterocycles. The maximum atomic E-state index is 5.42. The summed E-state index contributed by atoms with van der Waals surface area (Å²) < 4.78 is 10.8. The minimum absolute atomic E-state index is 0.0538. The number of thiophene rings is 1. The van der Waals surface area contributed by atoms with Crippen LogP contribution in [-0.2, 0) is 17.6 Å². The van der Waals surface area contributed by atoms with Gasteiger partial charge in [0, 0.05) is 11.4 Å². The van der Waals surface area contributed by atoms with Crippen LogP contribution in [0.1, 0.15) is 28.7 Å². The van der Waals surface area contributed by atoms with Crippen molar-refractivity contribution in [3.8, 4) is 10.8 Å². The Morgan fingerprint density at radius 3 is 3.21 bits per heavy atom. The van der Waals surface area contributed by atoms with Crippen molar-refractivity contribution in [2.24, 2.45) is 0 Å². The zero-order valence-electron chi connectivity index (χ0n) is 10.5. The molecule has 1 unspecified atom stereocenters. The van der Waals surface area contributed by atoms with E-state index in [4.69, 9.17) is 9.26 Å². The minimum Gasteiger partial charge on any atom is -0.378 e. The van der Waals surface area contributed by atoms with Gasteiger partial charge in [-0.25, -0.2) is 0 Å². The Morgan fingerprint density at radius 2 is 2.37 bits per heavy atom. The topological polar surface area (TPSA) is 60.2 Å². The van der Waals surface area contributed by atoms with Crippen molar-refractivity contribution in [2.75, 3.05) is 19.8 Å². The van der Waals surface area contributed by atoms with Crippen LogP contribution in [-0.4, -0.2) is 29.9 Å². The van der Waals surface area contributed by atoms with E-state index in [-0.39, 0.29) is 6.04 Å². The highest BCUT2D eigenvalue weighted by Crippen LogP contribution is 2.36. The molecule has 0 bridgehead atoms. The molecule has 3 heterocycles. The van der Waals surface area contributed by atoms with Gasteiger partial charge in [0.05, 0.1) is 24.1 Å². The van der Waals surface area contributed by atoms with Crippen molar-refractivity contribution in [1.29, 1.82) is 0 Å². The maximum absolute atomic E-state index is 5.42. The average Bonchev–Trinajstić information content (AvgIpc) is 3.14. The van der Waals surface area contributed by atoms with E-state index < -0.39 is 0 Å². The molecular weight excluding hydrogens is 262 g/mol. The van der Waals surface area contributed by atoms with Crippen molar-refractivity contribution < 1.29 is 9.26 Å². The van der Waals surface area contributed by atoms with Crippen LogP contribution in [0.2, 0.25) is 0 Å². The lowest BCUT2D eigenvalue weighted by Gasteiger charge is -2.20. The second-order valence-electron chi connectivity index (χ2n) is 4.95. The quantitative estimate of drug-likeness (QED) is 0.909. The second-order valence-corrected chi connectivity index (χ2v) is 6.09. The molecule has 19 heavy (non-hydrogen) atoms. The molecule has 1 atom stereocenters. The Labute approximate surface area is 115 Å². The number of ether oxygens (including phenoxy) is 1. The van der Waals surface area contributed by atoms with Gasteiger partial charge in [0.25, 0.3) is 5.89 Å². The third kappa shape index (κ3) is 2.09. The molecule has 0 radical (unpaired) electrons. The van der Waals surface area contributed by atoms with Crippen molar-refractivity contribution in [3.05, 3.63) is 22.3 Å². The number of hydrogen-bond donors (Lipinski definition) is 1. The lowest BCUT2D eigenvalue weighted by atomic mass is 10.2. The van der Waals surface area contributed by atoms with Crippen molar-refractivity contribution in [3.63, 3.8) is 0 Å². The molecule has 1 fully saturated rings. The van der Waals surface area contributed by atoms with Gasteiger partial charge in [-0.1, -0.05) is 5.16 Å². The van der Waals surface area contributed by atoms with Crippen molar-refractivity contribution in [1.82, 2.24) is 15.5 Å². The van der Waals surface area contributed by atoms with E-state index >= 15 is 0 Å². The van der Waals surface area contributed by atoms with Crippen LogP contribution in [0.25, 0.3) is 10.8 Å². The summed E-state index contributed by atoms with van der Waals surface area (Å²) in [7, 11) is 0. The van der Waals surface area contributed by atoms with Gasteiger partial charge in [-0.15, -0.1) is 11.3 Å². The molecule has 1 N–H and O–H groups in total. The van der Waals surface area contributed by atoms with E-state index in [1.807, 2.05) is 0 Å². The van der Waals surface area contributed by atoms with E-state index in [0.29, 0.717) is 18.3 Å². The Kier molecular flexibility index (Phi) is 2.86. The highest BCUT2D eigenvalue weighted by Gasteiger charge is 2.23. The summed E-state index contributed by atoms with van der Waals surface area (Å²) in [6.07, 6.45) is 3.66. The van der Waals surface area contributed by atoms with Gasteiger partial charge >= 0.3 is 0 Å². The highest BCUT2D eigenvalue weighted by atomic mass is 32.1. The van der Waals surface area contributed by atoms with E-state index in [2.05, 4.69) is 21.5 Å². The Bertz CT molecular complexity index is 565. The molecule has 2 aromatic heterocycles. The lowest BCUT2D eigenvalue weighted by molar-refractivity contribution is 0.0734. The summed E-state index contributed by atoms with van der Waals surface area (Å²) in [5, 5.41) is 7.41. The normalized spacial score (nSPS) is 22.6. The maximum Gasteiger partial charge on any atom is 0.268 e. The fourth-order valence-electron chi connectivity index (χ4n) is 2.64. The zero-order valence-corrected chi connectivity index (χ0v) is 11.3. The van der Waals surface area contributed by atoms with Gasteiger partial charge in [-0.2, -0.15) is 4.98 Å². The van der Waals surface area contributed by atoms with Crippen LogP contribution in [0, 0.1) is 0 Å². The van der Waals surface area contributed by atoms with Crippen LogP contribution in [0.15, 0.2) is 10.6 Å². The minimum atomic E-state index is 0.0538. The number of nitrogens with one attached hydrogen (secondary N) is 1. The molecule has 2 aliphatic rings. The van der Waals surface area contributed by atoms with Crippen molar-refractivity contribution >= 4 is 11.3 Å². The van der Waals surface area contributed by atoms with Crippen LogP contribution in [0.5, 0.6) is 0 Å². The molecule has 1 aliphatic carbocycles. The molecule has 1 aliphatic heterocycles. The fourth-order valence-corrected chi connectivity index (χ4v) is 3.82. The van der Waals surface area contributed by atoms with Gasteiger partial charge in [-0.05, 0) is 30.9 Å². The summed E-state index contributed by atoms with van der Waals surface area (Å²) in [5.41, 5.74) is 1.46. The van der Waals surface area contributed by atoms with Gasteiger partial charge in [0.15, 0.2) is 5.82 Å². The Hall–Kier alpha value is -1.24. The van der Waals surface area contributed by atoms with E-state index in [1.54, 1.807) is 11.3 Å². The molecular formula is C13H15N3O2S. The van der Waals surface area contributed by atoms with Gasteiger partial charge in [0.1, 0.15) is 0 Å². The second kappa shape index (κ2) is 4.70. The summed E-state index contributed by atoms with van der Waals surface area (Å²) in [6.45, 7) is 2.20.